The van der Waals surface area contributed by atoms with E-state index in [2.05, 4.69) is 15.7 Å². The second-order valence-electron chi connectivity index (χ2n) is 5.79. The monoisotopic (exact) mass is 294 g/mol. The van der Waals surface area contributed by atoms with Gasteiger partial charge in [-0.25, -0.2) is 4.79 Å². The Bertz CT molecular complexity index is 480. The summed E-state index contributed by atoms with van der Waals surface area (Å²) in [4.78, 5) is 23.1. The van der Waals surface area contributed by atoms with E-state index in [1.165, 1.54) is 0 Å². The molecule has 7 nitrogen and oxygen atoms in total. The van der Waals surface area contributed by atoms with Crippen LogP contribution in [0.25, 0.3) is 0 Å². The zero-order valence-corrected chi connectivity index (χ0v) is 12.2. The number of hydrogen-bond acceptors (Lipinski definition) is 3. The van der Waals surface area contributed by atoms with Crippen molar-refractivity contribution in [2.75, 3.05) is 0 Å². The number of carbonyl (C=O) groups excluding carboxylic acids is 1. The van der Waals surface area contributed by atoms with Crippen molar-refractivity contribution in [1.29, 1.82) is 0 Å². The zero-order valence-electron chi connectivity index (χ0n) is 12.2. The highest BCUT2D eigenvalue weighted by molar-refractivity contribution is 5.77. The average Bonchev–Trinajstić information content (AvgIpc) is 3.00. The molecular weight excluding hydrogens is 272 g/mol. The maximum Gasteiger partial charge on any atom is 0.315 e. The van der Waals surface area contributed by atoms with Crippen molar-refractivity contribution >= 4 is 12.0 Å². The van der Waals surface area contributed by atoms with Gasteiger partial charge in [0, 0.05) is 18.4 Å². The minimum absolute atomic E-state index is 0.0199. The molecule has 1 aliphatic rings. The smallest absolute Gasteiger partial charge is 0.315 e. The highest BCUT2D eigenvalue weighted by atomic mass is 16.4. The van der Waals surface area contributed by atoms with E-state index >= 15 is 0 Å². The van der Waals surface area contributed by atoms with E-state index < -0.39 is 11.5 Å². The number of urea groups is 1. The van der Waals surface area contributed by atoms with E-state index in [0.29, 0.717) is 6.54 Å². The zero-order chi connectivity index (χ0) is 15.3. The lowest BCUT2D eigenvalue weighted by atomic mass is 9.93. The summed E-state index contributed by atoms with van der Waals surface area (Å²) in [5.41, 5.74) is -0.596. The Balaban J connectivity index is 1.86. The lowest BCUT2D eigenvalue weighted by Gasteiger charge is -2.29. The minimum Gasteiger partial charge on any atom is -0.481 e. The first-order chi connectivity index (χ1) is 9.99. The summed E-state index contributed by atoms with van der Waals surface area (Å²) >= 11 is 0. The van der Waals surface area contributed by atoms with Crippen LogP contribution in [0.2, 0.25) is 0 Å². The predicted octanol–water partition coefficient (Wildman–Crippen LogP) is 1.36. The summed E-state index contributed by atoms with van der Waals surface area (Å²) < 4.78 is 1.74. The Morgan fingerprint density at radius 2 is 2.14 bits per heavy atom. The predicted molar refractivity (Wildman–Crippen MR) is 76.8 cm³/mol. The van der Waals surface area contributed by atoms with Crippen LogP contribution in [0.1, 0.15) is 39.0 Å². The van der Waals surface area contributed by atoms with Crippen LogP contribution < -0.4 is 10.6 Å². The lowest BCUT2D eigenvalue weighted by Crippen LogP contribution is -2.53. The normalized spacial score (nSPS) is 18.1. The number of aromatic nitrogens is 2. The summed E-state index contributed by atoms with van der Waals surface area (Å²) in [5, 5.41) is 18.8. The summed E-state index contributed by atoms with van der Waals surface area (Å²) in [6.07, 6.45) is 6.85. The van der Waals surface area contributed by atoms with E-state index in [4.69, 9.17) is 5.11 Å². The first-order valence-corrected chi connectivity index (χ1v) is 7.27. The SMILES string of the molecule is CC(Cn1cccn1)NC(=O)NC1(CC(=O)O)CCCC1. The molecule has 116 valence electrons. The van der Waals surface area contributed by atoms with E-state index in [1.54, 1.807) is 10.9 Å². The third-order valence-electron chi connectivity index (χ3n) is 3.83. The van der Waals surface area contributed by atoms with Gasteiger partial charge in [0.15, 0.2) is 0 Å². The molecule has 0 spiro atoms. The maximum atomic E-state index is 12.1. The number of carboxylic acids is 1. The van der Waals surface area contributed by atoms with Crippen LogP contribution in [0, 0.1) is 0 Å². The van der Waals surface area contributed by atoms with Gasteiger partial charge in [0.25, 0.3) is 0 Å². The van der Waals surface area contributed by atoms with Crippen molar-refractivity contribution in [2.45, 2.75) is 57.2 Å². The Kier molecular flexibility index (Phi) is 4.82. The molecule has 1 atom stereocenters. The molecule has 1 fully saturated rings. The van der Waals surface area contributed by atoms with Crippen molar-refractivity contribution in [3.05, 3.63) is 18.5 Å². The molecule has 1 aromatic rings. The van der Waals surface area contributed by atoms with Gasteiger partial charge in [0.1, 0.15) is 0 Å². The molecule has 2 rings (SSSR count). The number of aliphatic carboxylic acids is 1. The second kappa shape index (κ2) is 6.60. The van der Waals surface area contributed by atoms with E-state index in [-0.39, 0.29) is 18.5 Å². The molecule has 2 amide bonds. The first kappa shape index (κ1) is 15.3. The maximum absolute atomic E-state index is 12.1. The van der Waals surface area contributed by atoms with Crippen LogP contribution >= 0.6 is 0 Å². The molecule has 1 heterocycles. The van der Waals surface area contributed by atoms with Crippen LogP contribution in [0.5, 0.6) is 0 Å². The largest absolute Gasteiger partial charge is 0.481 e. The van der Waals surface area contributed by atoms with E-state index in [0.717, 1.165) is 25.7 Å². The number of hydrogen-bond donors (Lipinski definition) is 3. The minimum atomic E-state index is -0.873. The standard InChI is InChI=1S/C14H22N4O3/c1-11(10-18-8-4-7-15-18)16-13(21)17-14(9-12(19)20)5-2-3-6-14/h4,7-8,11H,2-3,5-6,9-10H2,1H3,(H,19,20)(H2,16,17,21). The number of nitrogens with one attached hydrogen (secondary N) is 2. The number of amides is 2. The summed E-state index contributed by atoms with van der Waals surface area (Å²) in [6.45, 7) is 2.46. The van der Waals surface area contributed by atoms with Gasteiger partial charge in [0.2, 0.25) is 0 Å². The molecule has 1 unspecified atom stereocenters. The first-order valence-electron chi connectivity index (χ1n) is 7.27. The van der Waals surface area contributed by atoms with Crippen LogP contribution in [0.15, 0.2) is 18.5 Å². The molecule has 1 aliphatic carbocycles. The van der Waals surface area contributed by atoms with E-state index in [9.17, 15) is 9.59 Å². The van der Waals surface area contributed by atoms with Crippen molar-refractivity contribution in [3.8, 4) is 0 Å². The van der Waals surface area contributed by atoms with Gasteiger partial charge in [-0.05, 0) is 25.8 Å². The molecule has 0 saturated heterocycles. The van der Waals surface area contributed by atoms with Gasteiger partial charge < -0.3 is 15.7 Å². The molecule has 0 bridgehead atoms. The Morgan fingerprint density at radius 3 is 2.71 bits per heavy atom. The van der Waals surface area contributed by atoms with Crippen molar-refractivity contribution < 1.29 is 14.7 Å². The molecule has 3 N–H and O–H groups in total. The van der Waals surface area contributed by atoms with Crippen molar-refractivity contribution in [3.63, 3.8) is 0 Å². The summed E-state index contributed by atoms with van der Waals surface area (Å²) in [7, 11) is 0. The Labute approximate surface area is 123 Å². The molecule has 21 heavy (non-hydrogen) atoms. The number of carbonyl (C=O) groups is 2. The van der Waals surface area contributed by atoms with E-state index in [1.807, 2.05) is 19.2 Å². The second-order valence-corrected chi connectivity index (χ2v) is 5.79. The highest BCUT2D eigenvalue weighted by Crippen LogP contribution is 2.32. The van der Waals surface area contributed by atoms with Crippen LogP contribution in [-0.4, -0.2) is 38.5 Å². The van der Waals surface area contributed by atoms with Crippen LogP contribution in [0.3, 0.4) is 0 Å². The molecule has 0 radical (unpaired) electrons. The fourth-order valence-electron chi connectivity index (χ4n) is 2.92. The molecule has 0 aliphatic heterocycles. The number of rotatable bonds is 6. The fraction of sp³-hybridized carbons (Fsp3) is 0.643. The van der Waals surface area contributed by atoms with Gasteiger partial charge in [-0.2, -0.15) is 5.10 Å². The van der Waals surface area contributed by atoms with Gasteiger partial charge in [0.05, 0.1) is 18.5 Å². The Morgan fingerprint density at radius 1 is 1.43 bits per heavy atom. The van der Waals surface area contributed by atoms with Gasteiger partial charge in [-0.3, -0.25) is 9.48 Å². The van der Waals surface area contributed by atoms with Gasteiger partial charge in [-0.1, -0.05) is 12.8 Å². The topological polar surface area (TPSA) is 96.3 Å². The van der Waals surface area contributed by atoms with Crippen molar-refractivity contribution in [1.82, 2.24) is 20.4 Å². The molecule has 1 aromatic heterocycles. The third-order valence-corrected chi connectivity index (χ3v) is 3.83. The van der Waals surface area contributed by atoms with Gasteiger partial charge >= 0.3 is 12.0 Å². The number of carboxylic acid groups (broad SMARTS) is 1. The lowest BCUT2D eigenvalue weighted by molar-refractivity contribution is -0.138. The highest BCUT2D eigenvalue weighted by Gasteiger charge is 2.37. The fourth-order valence-corrected chi connectivity index (χ4v) is 2.92. The number of nitrogens with zero attached hydrogens (tertiary/aromatic N) is 2. The average molecular weight is 294 g/mol. The quantitative estimate of drug-likeness (QED) is 0.738. The van der Waals surface area contributed by atoms with Crippen LogP contribution in [0.4, 0.5) is 4.79 Å². The van der Waals surface area contributed by atoms with Crippen LogP contribution in [-0.2, 0) is 11.3 Å². The Hall–Kier alpha value is -2.05. The molecular formula is C14H22N4O3. The van der Waals surface area contributed by atoms with Gasteiger partial charge in [-0.15, -0.1) is 0 Å². The molecule has 7 heteroatoms. The summed E-state index contributed by atoms with van der Waals surface area (Å²) in [6, 6.07) is 1.43. The summed E-state index contributed by atoms with van der Waals surface area (Å²) in [5.74, 6) is -0.873. The third kappa shape index (κ3) is 4.47. The molecule has 1 saturated carbocycles. The van der Waals surface area contributed by atoms with Crippen molar-refractivity contribution in [2.24, 2.45) is 0 Å². The molecule has 0 aromatic carbocycles.